The van der Waals surface area contributed by atoms with Crippen LogP contribution in [0.2, 0.25) is 0 Å². The van der Waals surface area contributed by atoms with Crippen LogP contribution in [-0.2, 0) is 0 Å². The standard InChI is InChI=1S/C12H18N4O/c1-8-5-6-16(10(8)7-17)11-4-2-3-9(15-11)12(13)14/h2-4,8,10,17H,5-7H2,1H3,(H3,13,14). The number of nitrogens with two attached hydrogens (primary N) is 1. The molecule has 2 rings (SSSR count). The molecule has 92 valence electrons. The molecule has 0 saturated carbocycles. The van der Waals surface area contributed by atoms with Crippen molar-refractivity contribution in [1.29, 1.82) is 5.41 Å². The van der Waals surface area contributed by atoms with Gasteiger partial charge in [0.25, 0.3) is 0 Å². The average molecular weight is 234 g/mol. The molecule has 1 aromatic rings. The third-order valence-corrected chi connectivity index (χ3v) is 3.37. The first-order valence-electron chi connectivity index (χ1n) is 5.82. The second-order valence-electron chi connectivity index (χ2n) is 4.50. The maximum absolute atomic E-state index is 9.41. The van der Waals surface area contributed by atoms with Gasteiger partial charge in [0.05, 0.1) is 12.6 Å². The van der Waals surface area contributed by atoms with Crippen molar-refractivity contribution in [3.8, 4) is 0 Å². The number of nitrogen functional groups attached to an aromatic ring is 1. The monoisotopic (exact) mass is 234 g/mol. The van der Waals surface area contributed by atoms with E-state index in [1.54, 1.807) is 6.07 Å². The molecule has 1 aliphatic rings. The molecule has 4 N–H and O–H groups in total. The highest BCUT2D eigenvalue weighted by Crippen LogP contribution is 2.28. The fourth-order valence-corrected chi connectivity index (χ4v) is 2.30. The Morgan fingerprint density at radius 1 is 1.65 bits per heavy atom. The van der Waals surface area contributed by atoms with Gasteiger partial charge in [-0.15, -0.1) is 0 Å². The second-order valence-corrected chi connectivity index (χ2v) is 4.50. The SMILES string of the molecule is CC1CCN(c2cccc(C(=N)N)n2)C1CO. The molecule has 0 amide bonds. The van der Waals surface area contributed by atoms with Crippen molar-refractivity contribution in [2.45, 2.75) is 19.4 Å². The smallest absolute Gasteiger partial charge is 0.141 e. The van der Waals surface area contributed by atoms with Gasteiger partial charge in [-0.3, -0.25) is 5.41 Å². The molecule has 0 radical (unpaired) electrons. The number of nitrogens with zero attached hydrogens (tertiary/aromatic N) is 2. The number of anilines is 1. The lowest BCUT2D eigenvalue weighted by molar-refractivity contribution is 0.244. The van der Waals surface area contributed by atoms with Crippen LogP contribution in [0, 0.1) is 11.3 Å². The van der Waals surface area contributed by atoms with Gasteiger partial charge in [-0.2, -0.15) is 0 Å². The molecule has 1 aromatic heterocycles. The molecule has 1 aliphatic heterocycles. The Bertz CT molecular complexity index is 421. The predicted octanol–water partition coefficient (Wildman–Crippen LogP) is 0.573. The zero-order valence-electron chi connectivity index (χ0n) is 9.93. The van der Waals surface area contributed by atoms with Gasteiger partial charge < -0.3 is 15.7 Å². The Morgan fingerprint density at radius 2 is 2.41 bits per heavy atom. The Balaban J connectivity index is 2.28. The van der Waals surface area contributed by atoms with E-state index >= 15 is 0 Å². The van der Waals surface area contributed by atoms with Gasteiger partial charge in [0.2, 0.25) is 0 Å². The number of aromatic nitrogens is 1. The molecule has 0 aliphatic carbocycles. The molecule has 0 bridgehead atoms. The number of rotatable bonds is 3. The van der Waals surface area contributed by atoms with E-state index in [2.05, 4.69) is 16.8 Å². The summed E-state index contributed by atoms with van der Waals surface area (Å²) in [6, 6.07) is 5.58. The first kappa shape index (κ1) is 11.9. The zero-order chi connectivity index (χ0) is 12.4. The summed E-state index contributed by atoms with van der Waals surface area (Å²) in [5, 5.41) is 16.8. The lowest BCUT2D eigenvalue weighted by Gasteiger charge is -2.26. The number of hydrogen-bond donors (Lipinski definition) is 3. The first-order valence-corrected chi connectivity index (χ1v) is 5.82. The fraction of sp³-hybridized carbons (Fsp3) is 0.500. The lowest BCUT2D eigenvalue weighted by atomic mass is 10.0. The Hall–Kier alpha value is -1.62. The molecule has 2 heterocycles. The molecule has 1 fully saturated rings. The molecule has 0 aromatic carbocycles. The predicted molar refractivity (Wildman–Crippen MR) is 67.3 cm³/mol. The van der Waals surface area contributed by atoms with Crippen LogP contribution in [0.1, 0.15) is 19.0 Å². The van der Waals surface area contributed by atoms with E-state index in [0.717, 1.165) is 18.8 Å². The van der Waals surface area contributed by atoms with E-state index in [-0.39, 0.29) is 18.5 Å². The van der Waals surface area contributed by atoms with E-state index in [1.807, 2.05) is 12.1 Å². The van der Waals surface area contributed by atoms with Gasteiger partial charge in [0, 0.05) is 6.54 Å². The third-order valence-electron chi connectivity index (χ3n) is 3.37. The van der Waals surface area contributed by atoms with Gasteiger partial charge in [-0.1, -0.05) is 13.0 Å². The topological polar surface area (TPSA) is 86.2 Å². The number of aliphatic hydroxyl groups is 1. The van der Waals surface area contributed by atoms with E-state index in [0.29, 0.717) is 11.6 Å². The van der Waals surface area contributed by atoms with Crippen molar-refractivity contribution < 1.29 is 5.11 Å². The van der Waals surface area contributed by atoms with Gasteiger partial charge in [0.15, 0.2) is 0 Å². The summed E-state index contributed by atoms with van der Waals surface area (Å²) in [7, 11) is 0. The normalized spacial score (nSPS) is 24.0. The summed E-state index contributed by atoms with van der Waals surface area (Å²) in [6.07, 6.45) is 1.05. The third kappa shape index (κ3) is 2.24. The van der Waals surface area contributed by atoms with Crippen LogP contribution in [0.25, 0.3) is 0 Å². The lowest BCUT2D eigenvalue weighted by Crippen LogP contribution is -2.36. The van der Waals surface area contributed by atoms with Crippen LogP contribution in [0.3, 0.4) is 0 Å². The maximum Gasteiger partial charge on any atom is 0.141 e. The zero-order valence-corrected chi connectivity index (χ0v) is 9.93. The summed E-state index contributed by atoms with van der Waals surface area (Å²) >= 11 is 0. The highest BCUT2D eigenvalue weighted by atomic mass is 16.3. The largest absolute Gasteiger partial charge is 0.394 e. The summed E-state index contributed by atoms with van der Waals surface area (Å²) in [6.45, 7) is 3.16. The van der Waals surface area contributed by atoms with E-state index in [9.17, 15) is 5.11 Å². The fourth-order valence-electron chi connectivity index (χ4n) is 2.30. The summed E-state index contributed by atoms with van der Waals surface area (Å²) in [5.74, 6) is 1.23. The average Bonchev–Trinajstić information content (AvgIpc) is 2.70. The highest BCUT2D eigenvalue weighted by Gasteiger charge is 2.31. The quantitative estimate of drug-likeness (QED) is 0.527. The van der Waals surface area contributed by atoms with Crippen LogP contribution in [-0.4, -0.2) is 35.1 Å². The number of aliphatic hydroxyl groups excluding tert-OH is 1. The highest BCUT2D eigenvalue weighted by molar-refractivity contribution is 5.93. The minimum absolute atomic E-state index is 0.0281. The molecular weight excluding hydrogens is 216 g/mol. The van der Waals surface area contributed by atoms with Crippen molar-refractivity contribution in [1.82, 2.24) is 4.98 Å². The number of nitrogens with one attached hydrogen (secondary N) is 1. The van der Waals surface area contributed by atoms with E-state index in [4.69, 9.17) is 11.1 Å². The van der Waals surface area contributed by atoms with Crippen molar-refractivity contribution in [2.24, 2.45) is 11.7 Å². The minimum atomic E-state index is -0.0281. The van der Waals surface area contributed by atoms with Crippen molar-refractivity contribution in [2.75, 3.05) is 18.1 Å². The summed E-state index contributed by atoms with van der Waals surface area (Å²) in [5.41, 5.74) is 5.91. The van der Waals surface area contributed by atoms with Crippen molar-refractivity contribution in [3.63, 3.8) is 0 Å². The molecule has 0 spiro atoms. The molecule has 17 heavy (non-hydrogen) atoms. The first-order chi connectivity index (χ1) is 8.13. The van der Waals surface area contributed by atoms with E-state index in [1.165, 1.54) is 0 Å². The van der Waals surface area contributed by atoms with Gasteiger partial charge in [-0.05, 0) is 24.5 Å². The Kier molecular flexibility index (Phi) is 3.28. The van der Waals surface area contributed by atoms with E-state index < -0.39 is 0 Å². The van der Waals surface area contributed by atoms with Crippen LogP contribution in [0.5, 0.6) is 0 Å². The molecular formula is C12H18N4O. The Morgan fingerprint density at radius 3 is 3.06 bits per heavy atom. The van der Waals surface area contributed by atoms with Gasteiger partial charge in [0.1, 0.15) is 17.3 Å². The van der Waals surface area contributed by atoms with Crippen LogP contribution < -0.4 is 10.6 Å². The van der Waals surface area contributed by atoms with Crippen molar-refractivity contribution in [3.05, 3.63) is 23.9 Å². The molecule has 5 heteroatoms. The van der Waals surface area contributed by atoms with Crippen molar-refractivity contribution >= 4 is 11.7 Å². The summed E-state index contributed by atoms with van der Waals surface area (Å²) < 4.78 is 0. The number of hydrogen-bond acceptors (Lipinski definition) is 4. The second kappa shape index (κ2) is 4.71. The molecule has 5 nitrogen and oxygen atoms in total. The maximum atomic E-state index is 9.41. The van der Waals surface area contributed by atoms with Crippen LogP contribution in [0.4, 0.5) is 5.82 Å². The Labute approximate surface area is 101 Å². The number of pyridine rings is 1. The minimum Gasteiger partial charge on any atom is -0.394 e. The molecule has 2 atom stereocenters. The molecule has 1 saturated heterocycles. The van der Waals surface area contributed by atoms with Gasteiger partial charge in [-0.25, -0.2) is 4.98 Å². The van der Waals surface area contributed by atoms with Gasteiger partial charge >= 0.3 is 0 Å². The summed E-state index contributed by atoms with van der Waals surface area (Å²) in [4.78, 5) is 6.45. The molecule has 2 unspecified atom stereocenters. The van der Waals surface area contributed by atoms with Crippen LogP contribution >= 0.6 is 0 Å². The number of amidine groups is 1. The van der Waals surface area contributed by atoms with Crippen LogP contribution in [0.15, 0.2) is 18.2 Å².